The van der Waals surface area contributed by atoms with Crippen molar-refractivity contribution in [2.75, 3.05) is 5.32 Å². The maximum atomic E-state index is 13.1. The van der Waals surface area contributed by atoms with E-state index in [4.69, 9.17) is 0 Å². The molecule has 190 valence electrons. The molecule has 10 nitrogen and oxygen atoms in total. The minimum atomic E-state index is -4.31. The molecule has 1 unspecified atom stereocenters. The summed E-state index contributed by atoms with van der Waals surface area (Å²) in [6.45, 7) is 3.46. The lowest BCUT2D eigenvalue weighted by molar-refractivity contribution is -0.136. The highest BCUT2D eigenvalue weighted by Crippen LogP contribution is 2.22. The zero-order valence-corrected chi connectivity index (χ0v) is 20.9. The van der Waals surface area contributed by atoms with E-state index >= 15 is 0 Å². The average Bonchev–Trinajstić information content (AvgIpc) is 2.86. The molecule has 0 bridgehead atoms. The van der Waals surface area contributed by atoms with E-state index in [0.717, 1.165) is 15.8 Å². The Morgan fingerprint density at radius 2 is 1.62 bits per heavy atom. The summed E-state index contributed by atoms with van der Waals surface area (Å²) in [6.07, 6.45) is -0.393. The predicted molar refractivity (Wildman–Crippen MR) is 137 cm³/mol. The van der Waals surface area contributed by atoms with Gasteiger partial charge in [-0.15, -0.1) is 5.10 Å². The van der Waals surface area contributed by atoms with Gasteiger partial charge in [0.25, 0.3) is 11.5 Å². The van der Waals surface area contributed by atoms with Crippen molar-refractivity contribution < 1.29 is 23.1 Å². The minimum absolute atomic E-state index is 0.221. The summed E-state index contributed by atoms with van der Waals surface area (Å²) in [5.74, 6) is -1.91. The molecule has 0 saturated heterocycles. The van der Waals surface area contributed by atoms with Crippen molar-refractivity contribution in [2.24, 2.45) is 0 Å². The number of fused-ring (bicyclic) bond motifs is 1. The predicted octanol–water partition coefficient (Wildman–Crippen LogP) is 2.98. The molecule has 0 fully saturated rings. The Bertz CT molecular complexity index is 1650. The molecular weight excluding hydrogens is 496 g/mol. The normalized spacial score (nSPS) is 12.3. The third-order valence-electron chi connectivity index (χ3n) is 5.88. The van der Waals surface area contributed by atoms with E-state index in [9.17, 15) is 27.9 Å². The number of hydrogen-bond donors (Lipinski definition) is 2. The fourth-order valence-electron chi connectivity index (χ4n) is 3.79. The molecule has 0 radical (unpaired) electrons. The molecule has 37 heavy (non-hydrogen) atoms. The molecule has 1 heterocycles. The second kappa shape index (κ2) is 10.3. The Balaban J connectivity index is 1.51. The van der Waals surface area contributed by atoms with E-state index in [2.05, 4.69) is 15.6 Å². The second-order valence-corrected chi connectivity index (χ2v) is 10.8. The number of nitrogens with one attached hydrogen (secondary N) is 1. The topological polar surface area (TPSA) is 148 Å². The Labute approximate surface area is 212 Å². The van der Waals surface area contributed by atoms with E-state index in [0.29, 0.717) is 22.2 Å². The van der Waals surface area contributed by atoms with Crippen LogP contribution >= 0.6 is 0 Å². The van der Waals surface area contributed by atoms with E-state index in [1.807, 2.05) is 13.8 Å². The number of sulfone groups is 1. The van der Waals surface area contributed by atoms with Gasteiger partial charge in [-0.3, -0.25) is 14.4 Å². The van der Waals surface area contributed by atoms with Crippen molar-refractivity contribution in [1.82, 2.24) is 15.0 Å². The Kier molecular flexibility index (Phi) is 7.16. The number of anilines is 1. The molecule has 0 aliphatic rings. The summed E-state index contributed by atoms with van der Waals surface area (Å²) in [4.78, 5) is 36.9. The number of aryl methyl sites for hydroxylation is 3. The average molecular weight is 521 g/mol. The summed E-state index contributed by atoms with van der Waals surface area (Å²) >= 11 is 0. The summed E-state index contributed by atoms with van der Waals surface area (Å²) in [6, 6.07) is 17.3. The molecule has 2 N–H and O–H groups in total. The third kappa shape index (κ3) is 5.56. The Morgan fingerprint density at radius 3 is 2.27 bits per heavy atom. The molecule has 1 aromatic heterocycles. The first-order valence-electron chi connectivity index (χ1n) is 11.4. The van der Waals surface area contributed by atoms with Gasteiger partial charge >= 0.3 is 5.97 Å². The van der Waals surface area contributed by atoms with E-state index in [1.165, 1.54) is 24.3 Å². The highest BCUT2D eigenvalue weighted by atomic mass is 32.2. The number of aromatic nitrogens is 3. The SMILES string of the molecule is Cc1ccc(C(=O)Nc2ccc(S(=O)(=O)C(CCn3nnc4ccc(C)cc4c3=O)C(=O)O)cc2)cc1. The van der Waals surface area contributed by atoms with Crippen LogP contribution in [0.4, 0.5) is 5.69 Å². The van der Waals surface area contributed by atoms with Crippen molar-refractivity contribution in [3.05, 3.63) is 93.8 Å². The van der Waals surface area contributed by atoms with Crippen LogP contribution in [0.15, 0.2) is 76.4 Å². The number of hydrogen-bond acceptors (Lipinski definition) is 7. The molecular formula is C26H24N4O6S. The Hall–Kier alpha value is -4.38. The quantitative estimate of drug-likeness (QED) is 0.360. The number of amides is 1. The Morgan fingerprint density at radius 1 is 0.973 bits per heavy atom. The standard InChI is InChI=1S/C26H24N4O6S/c1-16-3-6-18(7-4-16)24(31)27-19-8-10-20(11-9-19)37(35,36)23(26(33)34)13-14-30-25(32)21-15-17(2)5-12-22(21)28-29-30/h3-12,15,23H,13-14H2,1-2H3,(H,27,31)(H,33,34). The minimum Gasteiger partial charge on any atom is -0.480 e. The summed E-state index contributed by atoms with van der Waals surface area (Å²) < 4.78 is 27.2. The maximum absolute atomic E-state index is 13.1. The van der Waals surface area contributed by atoms with Crippen LogP contribution in [-0.4, -0.2) is 45.6 Å². The van der Waals surface area contributed by atoms with Gasteiger partial charge in [-0.2, -0.15) is 0 Å². The first kappa shape index (κ1) is 25.7. The van der Waals surface area contributed by atoms with Crippen LogP contribution in [0.5, 0.6) is 0 Å². The van der Waals surface area contributed by atoms with Crippen LogP contribution in [0.1, 0.15) is 27.9 Å². The highest BCUT2D eigenvalue weighted by molar-refractivity contribution is 7.92. The number of carbonyl (C=O) groups excluding carboxylic acids is 1. The van der Waals surface area contributed by atoms with Gasteiger partial charge in [-0.05, 0) is 68.8 Å². The van der Waals surface area contributed by atoms with Crippen molar-refractivity contribution in [2.45, 2.75) is 37.0 Å². The highest BCUT2D eigenvalue weighted by Gasteiger charge is 2.34. The van der Waals surface area contributed by atoms with E-state index in [-0.39, 0.29) is 17.3 Å². The van der Waals surface area contributed by atoms with Crippen molar-refractivity contribution in [3.63, 3.8) is 0 Å². The van der Waals surface area contributed by atoms with E-state index < -0.39 is 33.0 Å². The van der Waals surface area contributed by atoms with Crippen molar-refractivity contribution in [3.8, 4) is 0 Å². The van der Waals surface area contributed by atoms with Crippen LogP contribution in [0, 0.1) is 13.8 Å². The number of aliphatic carboxylic acids is 1. The summed E-state index contributed by atoms with van der Waals surface area (Å²) in [5.41, 5.74) is 2.55. The number of benzene rings is 3. The molecule has 4 rings (SSSR count). The number of nitrogens with zero attached hydrogens (tertiary/aromatic N) is 3. The molecule has 1 amide bonds. The zero-order valence-electron chi connectivity index (χ0n) is 20.1. The zero-order chi connectivity index (χ0) is 26.7. The molecule has 0 saturated carbocycles. The van der Waals surface area contributed by atoms with Gasteiger partial charge < -0.3 is 10.4 Å². The molecule has 0 spiro atoms. The fraction of sp³-hybridized carbons (Fsp3) is 0.192. The molecule has 0 aliphatic carbocycles. The van der Waals surface area contributed by atoms with Gasteiger partial charge in [-0.1, -0.05) is 34.5 Å². The largest absolute Gasteiger partial charge is 0.480 e. The monoisotopic (exact) mass is 520 g/mol. The summed E-state index contributed by atoms with van der Waals surface area (Å²) in [7, 11) is -4.31. The lowest BCUT2D eigenvalue weighted by Gasteiger charge is -2.15. The van der Waals surface area contributed by atoms with Gasteiger partial charge in [0.05, 0.1) is 10.3 Å². The van der Waals surface area contributed by atoms with Gasteiger partial charge in [0, 0.05) is 17.8 Å². The number of carboxylic acid groups (broad SMARTS) is 1. The van der Waals surface area contributed by atoms with Gasteiger partial charge in [-0.25, -0.2) is 13.1 Å². The molecule has 3 aromatic carbocycles. The smallest absolute Gasteiger partial charge is 0.322 e. The maximum Gasteiger partial charge on any atom is 0.322 e. The molecule has 0 aliphatic heterocycles. The van der Waals surface area contributed by atoms with Crippen LogP contribution in [0.2, 0.25) is 0 Å². The molecule has 11 heteroatoms. The van der Waals surface area contributed by atoms with Crippen LogP contribution < -0.4 is 10.9 Å². The van der Waals surface area contributed by atoms with E-state index in [1.54, 1.807) is 42.5 Å². The van der Waals surface area contributed by atoms with Gasteiger partial charge in [0.1, 0.15) is 5.52 Å². The fourth-order valence-corrected chi connectivity index (χ4v) is 5.31. The van der Waals surface area contributed by atoms with Crippen molar-refractivity contribution in [1.29, 1.82) is 0 Å². The van der Waals surface area contributed by atoms with Crippen LogP contribution in [-0.2, 0) is 21.2 Å². The van der Waals surface area contributed by atoms with Crippen LogP contribution in [0.25, 0.3) is 10.9 Å². The number of carbonyl (C=O) groups is 2. The second-order valence-electron chi connectivity index (χ2n) is 8.64. The lowest BCUT2D eigenvalue weighted by Crippen LogP contribution is -2.34. The van der Waals surface area contributed by atoms with Crippen molar-refractivity contribution >= 4 is 38.3 Å². The van der Waals surface area contributed by atoms with Gasteiger partial charge in [0.2, 0.25) is 0 Å². The molecule has 1 atom stereocenters. The van der Waals surface area contributed by atoms with Crippen LogP contribution in [0.3, 0.4) is 0 Å². The first-order chi connectivity index (χ1) is 17.6. The first-order valence-corrected chi connectivity index (χ1v) is 12.9. The summed E-state index contributed by atoms with van der Waals surface area (Å²) in [5, 5.41) is 18.6. The van der Waals surface area contributed by atoms with Gasteiger partial charge in [0.15, 0.2) is 15.1 Å². The lowest BCUT2D eigenvalue weighted by atomic mass is 10.1. The number of rotatable bonds is 8. The third-order valence-corrected chi connectivity index (χ3v) is 8.00. The number of carboxylic acids is 1. The molecule has 4 aromatic rings.